The Labute approximate surface area is 158 Å². The van der Waals surface area contributed by atoms with E-state index in [2.05, 4.69) is 5.32 Å². The Morgan fingerprint density at radius 3 is 2.88 bits per heavy atom. The Morgan fingerprint density at radius 2 is 2.12 bits per heavy atom. The number of nitrogens with zero attached hydrogens (tertiary/aromatic N) is 1. The Kier molecular flexibility index (Phi) is 6.01. The Hall–Kier alpha value is -2.24. The first-order valence-corrected chi connectivity index (χ1v) is 8.99. The average molecular weight is 375 g/mol. The SMILES string of the molecule is COc1cc(C)ccc1OCC(=O)N1CCNCC1c1cccc(Cl)c1. The Balaban J connectivity index is 1.71. The summed E-state index contributed by atoms with van der Waals surface area (Å²) in [6, 6.07) is 13.2. The number of benzene rings is 2. The third kappa shape index (κ3) is 4.29. The van der Waals surface area contributed by atoms with Gasteiger partial charge in [-0.1, -0.05) is 29.8 Å². The second kappa shape index (κ2) is 8.43. The van der Waals surface area contributed by atoms with Gasteiger partial charge in [-0.15, -0.1) is 0 Å². The zero-order valence-corrected chi connectivity index (χ0v) is 15.8. The molecule has 26 heavy (non-hydrogen) atoms. The summed E-state index contributed by atoms with van der Waals surface area (Å²) in [5.41, 5.74) is 2.09. The normalized spacial score (nSPS) is 17.0. The van der Waals surface area contributed by atoms with Crippen LogP contribution in [0.1, 0.15) is 17.2 Å². The highest BCUT2D eigenvalue weighted by Crippen LogP contribution is 2.29. The van der Waals surface area contributed by atoms with Crippen molar-refractivity contribution in [2.24, 2.45) is 0 Å². The third-order valence-corrected chi connectivity index (χ3v) is 4.70. The molecule has 1 amide bonds. The Morgan fingerprint density at radius 1 is 1.27 bits per heavy atom. The Bertz CT molecular complexity index is 781. The molecule has 0 aliphatic carbocycles. The number of amides is 1. The lowest BCUT2D eigenvalue weighted by Gasteiger charge is -2.36. The smallest absolute Gasteiger partial charge is 0.261 e. The van der Waals surface area contributed by atoms with Crippen LogP contribution in [0.2, 0.25) is 5.02 Å². The van der Waals surface area contributed by atoms with E-state index in [1.54, 1.807) is 7.11 Å². The van der Waals surface area contributed by atoms with Gasteiger partial charge < -0.3 is 19.7 Å². The first-order chi connectivity index (χ1) is 12.6. The number of halogens is 1. The quantitative estimate of drug-likeness (QED) is 0.873. The third-order valence-electron chi connectivity index (χ3n) is 4.47. The van der Waals surface area contributed by atoms with Crippen molar-refractivity contribution >= 4 is 17.5 Å². The summed E-state index contributed by atoms with van der Waals surface area (Å²) >= 11 is 6.12. The highest BCUT2D eigenvalue weighted by molar-refractivity contribution is 6.30. The topological polar surface area (TPSA) is 50.8 Å². The minimum atomic E-state index is -0.0570. The number of piperazine rings is 1. The monoisotopic (exact) mass is 374 g/mol. The first kappa shape index (κ1) is 18.5. The summed E-state index contributed by atoms with van der Waals surface area (Å²) in [6.45, 7) is 4.03. The van der Waals surface area contributed by atoms with Crippen molar-refractivity contribution in [1.82, 2.24) is 10.2 Å². The molecule has 6 heteroatoms. The highest BCUT2D eigenvalue weighted by atomic mass is 35.5. The van der Waals surface area contributed by atoms with Crippen LogP contribution in [-0.2, 0) is 4.79 Å². The van der Waals surface area contributed by atoms with Crippen molar-refractivity contribution < 1.29 is 14.3 Å². The lowest BCUT2D eigenvalue weighted by Crippen LogP contribution is -2.50. The van der Waals surface area contributed by atoms with Crippen molar-refractivity contribution in [3.8, 4) is 11.5 Å². The van der Waals surface area contributed by atoms with Gasteiger partial charge >= 0.3 is 0 Å². The van der Waals surface area contributed by atoms with Gasteiger partial charge in [-0.2, -0.15) is 0 Å². The van der Waals surface area contributed by atoms with E-state index >= 15 is 0 Å². The van der Waals surface area contributed by atoms with E-state index in [0.717, 1.165) is 17.7 Å². The summed E-state index contributed by atoms with van der Waals surface area (Å²) in [5.74, 6) is 1.14. The predicted octanol–water partition coefficient (Wildman–Crippen LogP) is 3.21. The maximum atomic E-state index is 12.8. The van der Waals surface area contributed by atoms with Crippen LogP contribution in [0, 0.1) is 6.92 Å². The molecule has 0 radical (unpaired) electrons. The van der Waals surface area contributed by atoms with Gasteiger partial charge in [0.05, 0.1) is 13.2 Å². The van der Waals surface area contributed by atoms with E-state index < -0.39 is 0 Å². The highest BCUT2D eigenvalue weighted by Gasteiger charge is 2.28. The van der Waals surface area contributed by atoms with Crippen LogP contribution in [0.3, 0.4) is 0 Å². The largest absolute Gasteiger partial charge is 0.493 e. The number of rotatable bonds is 5. The van der Waals surface area contributed by atoms with E-state index in [-0.39, 0.29) is 18.6 Å². The van der Waals surface area contributed by atoms with Crippen LogP contribution in [-0.4, -0.2) is 44.2 Å². The average Bonchev–Trinajstić information content (AvgIpc) is 2.66. The van der Waals surface area contributed by atoms with Gasteiger partial charge in [0.25, 0.3) is 5.91 Å². The van der Waals surface area contributed by atoms with Gasteiger partial charge in [-0.05, 0) is 42.3 Å². The lowest BCUT2D eigenvalue weighted by atomic mass is 10.0. The maximum Gasteiger partial charge on any atom is 0.261 e. The number of hydrogen-bond acceptors (Lipinski definition) is 4. The van der Waals surface area contributed by atoms with Crippen LogP contribution in [0.25, 0.3) is 0 Å². The molecule has 3 rings (SSSR count). The molecule has 1 N–H and O–H groups in total. The molecule has 2 aromatic rings. The number of hydrogen-bond donors (Lipinski definition) is 1. The molecule has 1 aliphatic heterocycles. The van der Waals surface area contributed by atoms with E-state index in [1.165, 1.54) is 0 Å². The molecule has 0 saturated carbocycles. The molecule has 1 heterocycles. The molecule has 5 nitrogen and oxygen atoms in total. The summed E-state index contributed by atoms with van der Waals surface area (Å²) in [5, 5.41) is 4.01. The van der Waals surface area contributed by atoms with E-state index in [0.29, 0.717) is 29.6 Å². The molecule has 1 fully saturated rings. The van der Waals surface area contributed by atoms with Gasteiger partial charge in [0.15, 0.2) is 18.1 Å². The zero-order valence-electron chi connectivity index (χ0n) is 15.0. The van der Waals surface area contributed by atoms with Gasteiger partial charge in [0.2, 0.25) is 0 Å². The second-order valence-electron chi connectivity index (χ2n) is 6.31. The molecule has 1 aliphatic rings. The minimum absolute atomic E-state index is 0.0313. The lowest BCUT2D eigenvalue weighted by molar-refractivity contribution is -0.136. The van der Waals surface area contributed by atoms with Gasteiger partial charge in [-0.25, -0.2) is 0 Å². The number of methoxy groups -OCH3 is 1. The zero-order chi connectivity index (χ0) is 18.5. The van der Waals surface area contributed by atoms with E-state index in [1.807, 2.05) is 54.3 Å². The predicted molar refractivity (Wildman–Crippen MR) is 102 cm³/mol. The summed E-state index contributed by atoms with van der Waals surface area (Å²) in [7, 11) is 1.59. The molecule has 0 spiro atoms. The minimum Gasteiger partial charge on any atom is -0.493 e. The molecule has 138 valence electrons. The first-order valence-electron chi connectivity index (χ1n) is 8.61. The van der Waals surface area contributed by atoms with Crippen LogP contribution in [0.5, 0.6) is 11.5 Å². The van der Waals surface area contributed by atoms with Crippen molar-refractivity contribution in [2.45, 2.75) is 13.0 Å². The molecule has 0 bridgehead atoms. The van der Waals surface area contributed by atoms with Gasteiger partial charge in [0.1, 0.15) is 0 Å². The fourth-order valence-corrected chi connectivity index (χ4v) is 3.33. The van der Waals surface area contributed by atoms with Gasteiger partial charge in [-0.3, -0.25) is 4.79 Å². The summed E-state index contributed by atoms with van der Waals surface area (Å²) < 4.78 is 11.1. The molecular weight excluding hydrogens is 352 g/mol. The van der Waals surface area contributed by atoms with Crippen molar-refractivity contribution in [3.05, 3.63) is 58.6 Å². The van der Waals surface area contributed by atoms with Crippen LogP contribution in [0.15, 0.2) is 42.5 Å². The molecule has 1 saturated heterocycles. The van der Waals surface area contributed by atoms with Crippen LogP contribution >= 0.6 is 11.6 Å². The van der Waals surface area contributed by atoms with E-state index in [4.69, 9.17) is 21.1 Å². The van der Waals surface area contributed by atoms with Crippen molar-refractivity contribution in [2.75, 3.05) is 33.4 Å². The number of carbonyl (C=O) groups is 1. The van der Waals surface area contributed by atoms with E-state index in [9.17, 15) is 4.79 Å². The standard InChI is InChI=1S/C20H23ClN2O3/c1-14-6-7-18(19(10-14)25-2)26-13-20(24)23-9-8-22-12-17(23)15-4-3-5-16(21)11-15/h3-7,10-11,17,22H,8-9,12-13H2,1-2H3. The van der Waals surface area contributed by atoms with Crippen LogP contribution in [0.4, 0.5) is 0 Å². The summed E-state index contributed by atoms with van der Waals surface area (Å²) in [6.07, 6.45) is 0. The van der Waals surface area contributed by atoms with Gasteiger partial charge in [0, 0.05) is 24.7 Å². The number of carbonyl (C=O) groups excluding carboxylic acids is 1. The number of ether oxygens (including phenoxy) is 2. The molecular formula is C20H23ClN2O3. The fraction of sp³-hybridized carbons (Fsp3) is 0.350. The molecule has 2 aromatic carbocycles. The number of nitrogens with one attached hydrogen (secondary N) is 1. The second-order valence-corrected chi connectivity index (χ2v) is 6.74. The fourth-order valence-electron chi connectivity index (χ4n) is 3.13. The van der Waals surface area contributed by atoms with Crippen molar-refractivity contribution in [3.63, 3.8) is 0 Å². The molecule has 0 aromatic heterocycles. The van der Waals surface area contributed by atoms with Crippen molar-refractivity contribution in [1.29, 1.82) is 0 Å². The van der Waals surface area contributed by atoms with Crippen LogP contribution < -0.4 is 14.8 Å². The maximum absolute atomic E-state index is 12.8. The number of aryl methyl sites for hydroxylation is 1. The molecule has 1 atom stereocenters. The molecule has 1 unspecified atom stereocenters. The summed E-state index contributed by atoms with van der Waals surface area (Å²) in [4.78, 5) is 14.7.